The highest BCUT2D eigenvalue weighted by Gasteiger charge is 2.30. The fourth-order valence-corrected chi connectivity index (χ4v) is 7.81. The lowest BCUT2D eigenvalue weighted by Crippen LogP contribution is -2.13. The standard InChI is InChI=1S/C28H19F4N3O4S.C23H21FN4O4/c1-37-24-12-18-20(13-25(24)38-2)33-10-9-22(18)39-23-8-7-17(11-19(23)29)34-26(36)21-14-40-27(35-21)15-3-5-16(6-4-15)28(30,31)32;1-13-9-18(27-28(13)2)23(29)26-14-5-6-20(16(24)10-14)32-19-7-8-25-17-12-22(31-4)21(30-3)11-15(17)19/h3-14H,1-2H3,(H,34,36);5-12H,1-4H3,(H,26,29). The van der Waals surface area contributed by atoms with E-state index in [-0.39, 0.29) is 34.3 Å². The van der Waals surface area contributed by atoms with Crippen molar-refractivity contribution in [3.63, 3.8) is 0 Å². The van der Waals surface area contributed by atoms with E-state index in [0.717, 1.165) is 35.2 Å². The van der Waals surface area contributed by atoms with Gasteiger partial charge in [-0.05, 0) is 73.7 Å². The highest BCUT2D eigenvalue weighted by molar-refractivity contribution is 7.13. The number of alkyl halides is 3. The molecule has 4 aromatic heterocycles. The number of ether oxygens (including phenoxy) is 6. The van der Waals surface area contributed by atoms with E-state index < -0.39 is 35.2 Å². The van der Waals surface area contributed by atoms with Crippen molar-refractivity contribution in [2.75, 3.05) is 39.1 Å². The minimum Gasteiger partial charge on any atom is -0.493 e. The molecule has 9 aromatic rings. The van der Waals surface area contributed by atoms with E-state index in [1.54, 1.807) is 66.5 Å². The summed E-state index contributed by atoms with van der Waals surface area (Å²) in [5, 5.41) is 12.4. The number of anilines is 2. The second kappa shape index (κ2) is 21.0. The molecule has 0 saturated heterocycles. The average molecular weight is 1010 g/mol. The molecule has 0 atom stereocenters. The second-order valence-electron chi connectivity index (χ2n) is 15.4. The maximum Gasteiger partial charge on any atom is 0.416 e. The molecule has 0 aliphatic rings. The zero-order valence-electron chi connectivity index (χ0n) is 38.8. The summed E-state index contributed by atoms with van der Waals surface area (Å²) in [7, 11) is 7.81. The number of methoxy groups -OCH3 is 4. The molecule has 0 spiro atoms. The van der Waals surface area contributed by atoms with E-state index in [1.807, 2.05) is 6.92 Å². The number of hydrogen-bond donors (Lipinski definition) is 2. The Hall–Kier alpha value is -8.85. The van der Waals surface area contributed by atoms with Crippen LogP contribution < -0.4 is 39.1 Å². The molecule has 15 nitrogen and oxygen atoms in total. The first-order chi connectivity index (χ1) is 34.5. The monoisotopic (exact) mass is 1010 g/mol. The van der Waals surface area contributed by atoms with Crippen LogP contribution >= 0.6 is 11.3 Å². The van der Waals surface area contributed by atoms with Gasteiger partial charge in [0.2, 0.25) is 0 Å². The topological polar surface area (TPSA) is 170 Å². The molecule has 9 rings (SSSR count). The Morgan fingerprint density at radius 1 is 0.583 bits per heavy atom. The van der Waals surface area contributed by atoms with E-state index in [4.69, 9.17) is 28.4 Å². The highest BCUT2D eigenvalue weighted by Crippen LogP contribution is 2.40. The van der Waals surface area contributed by atoms with Gasteiger partial charge in [-0.2, -0.15) is 18.3 Å². The zero-order valence-corrected chi connectivity index (χ0v) is 39.7. The summed E-state index contributed by atoms with van der Waals surface area (Å²) in [6.07, 6.45) is -1.37. The van der Waals surface area contributed by atoms with Crippen molar-refractivity contribution in [2.24, 2.45) is 7.05 Å². The number of hydrogen-bond acceptors (Lipinski definition) is 13. The molecule has 2 N–H and O–H groups in total. The number of pyridine rings is 2. The van der Waals surface area contributed by atoms with Crippen LogP contribution in [0, 0.1) is 18.6 Å². The van der Waals surface area contributed by atoms with E-state index in [9.17, 15) is 31.5 Å². The van der Waals surface area contributed by atoms with E-state index >= 15 is 0 Å². The fourth-order valence-electron chi connectivity index (χ4n) is 7.01. The molecule has 72 heavy (non-hydrogen) atoms. The van der Waals surface area contributed by atoms with Crippen LogP contribution in [-0.4, -0.2) is 65.0 Å². The summed E-state index contributed by atoms with van der Waals surface area (Å²) >= 11 is 1.10. The zero-order chi connectivity index (χ0) is 51.3. The Morgan fingerprint density at radius 3 is 1.49 bits per heavy atom. The van der Waals surface area contributed by atoms with Gasteiger partial charge >= 0.3 is 6.18 Å². The van der Waals surface area contributed by atoms with Gasteiger partial charge in [0.15, 0.2) is 51.8 Å². The van der Waals surface area contributed by atoms with Crippen molar-refractivity contribution >= 4 is 56.3 Å². The summed E-state index contributed by atoms with van der Waals surface area (Å²) in [6, 6.07) is 24.3. The predicted molar refractivity (Wildman–Crippen MR) is 259 cm³/mol. The lowest BCUT2D eigenvalue weighted by atomic mass is 10.1. The van der Waals surface area contributed by atoms with E-state index in [2.05, 4.69) is 30.7 Å². The van der Waals surface area contributed by atoms with Crippen molar-refractivity contribution in [2.45, 2.75) is 13.1 Å². The number of thiazole rings is 1. The number of nitrogens with one attached hydrogen (secondary N) is 2. The number of aryl methyl sites for hydroxylation is 2. The minimum atomic E-state index is -4.45. The smallest absolute Gasteiger partial charge is 0.416 e. The van der Waals surface area contributed by atoms with Crippen molar-refractivity contribution in [3.8, 4) is 56.6 Å². The third kappa shape index (κ3) is 10.9. The first-order valence-electron chi connectivity index (χ1n) is 21.3. The van der Waals surface area contributed by atoms with Crippen molar-refractivity contribution in [3.05, 3.63) is 155 Å². The fraction of sp³-hybridized carbons (Fsp3) is 0.137. The van der Waals surface area contributed by atoms with Gasteiger partial charge in [0, 0.05) is 82.5 Å². The minimum absolute atomic E-state index is 0.000959. The molecule has 368 valence electrons. The highest BCUT2D eigenvalue weighted by atomic mass is 32.1. The Bertz CT molecular complexity index is 3460. The predicted octanol–water partition coefficient (Wildman–Crippen LogP) is 12.1. The molecule has 0 aliphatic carbocycles. The molecule has 21 heteroatoms. The Kier molecular flexibility index (Phi) is 14.5. The van der Waals surface area contributed by atoms with Crippen LogP contribution in [0.25, 0.3) is 32.4 Å². The Labute approximate surface area is 410 Å². The molecule has 0 aliphatic heterocycles. The summed E-state index contributed by atoms with van der Waals surface area (Å²) < 4.78 is 103. The molecule has 2 amide bonds. The number of halogens is 5. The van der Waals surface area contributed by atoms with E-state index in [0.29, 0.717) is 66.9 Å². The molecule has 0 radical (unpaired) electrons. The summed E-state index contributed by atoms with van der Waals surface area (Å²) in [5.74, 6) is 0.213. The molecular weight excluding hydrogens is 966 g/mol. The van der Waals surface area contributed by atoms with Gasteiger partial charge in [0.1, 0.15) is 22.2 Å². The Balaban J connectivity index is 0.000000197. The van der Waals surface area contributed by atoms with Crippen molar-refractivity contribution in [1.82, 2.24) is 24.7 Å². The quantitative estimate of drug-likeness (QED) is 0.105. The largest absolute Gasteiger partial charge is 0.493 e. The molecule has 0 unspecified atom stereocenters. The normalized spacial score (nSPS) is 11.1. The summed E-state index contributed by atoms with van der Waals surface area (Å²) in [4.78, 5) is 37.9. The molecule has 0 fully saturated rings. The number of amides is 2. The van der Waals surface area contributed by atoms with Crippen LogP contribution in [0.1, 0.15) is 32.2 Å². The lowest BCUT2D eigenvalue weighted by molar-refractivity contribution is -0.137. The first-order valence-corrected chi connectivity index (χ1v) is 22.2. The number of carbonyl (C=O) groups is 2. The average Bonchev–Trinajstić information content (AvgIpc) is 4.01. The van der Waals surface area contributed by atoms with Gasteiger partial charge in [0.05, 0.1) is 45.0 Å². The number of benzene rings is 5. The SMILES string of the molecule is COc1cc2nccc(Oc3ccc(NC(=O)c4cc(C)n(C)n4)cc3F)c2cc1OC.COc1cc2nccc(Oc3ccc(NC(=O)c4csc(-c5ccc(C(F)(F)F)cc5)n4)cc3F)c2cc1OC. The van der Waals surface area contributed by atoms with Crippen molar-refractivity contribution in [1.29, 1.82) is 0 Å². The van der Waals surface area contributed by atoms with Gasteiger partial charge in [-0.1, -0.05) is 12.1 Å². The van der Waals surface area contributed by atoms with Gasteiger partial charge in [-0.15, -0.1) is 11.3 Å². The van der Waals surface area contributed by atoms with Crippen LogP contribution in [0.15, 0.2) is 121 Å². The number of rotatable bonds is 13. The Morgan fingerprint density at radius 2 is 1.06 bits per heavy atom. The molecule has 0 bridgehead atoms. The van der Waals surface area contributed by atoms with Crippen molar-refractivity contribution < 1.29 is 60.0 Å². The van der Waals surface area contributed by atoms with Crippen LogP contribution in [0.5, 0.6) is 46.0 Å². The van der Waals surface area contributed by atoms with Gasteiger partial charge in [-0.25, -0.2) is 13.8 Å². The third-order valence-corrected chi connectivity index (χ3v) is 11.7. The van der Waals surface area contributed by atoms with Gasteiger partial charge < -0.3 is 39.1 Å². The third-order valence-electron chi connectivity index (χ3n) is 10.8. The first kappa shape index (κ1) is 49.6. The number of aromatic nitrogens is 5. The van der Waals surface area contributed by atoms with Gasteiger partial charge in [0.25, 0.3) is 11.8 Å². The maximum atomic E-state index is 15.0. The number of nitrogens with zero attached hydrogens (tertiary/aromatic N) is 5. The molecule has 0 saturated carbocycles. The lowest BCUT2D eigenvalue weighted by Gasteiger charge is -2.13. The maximum absolute atomic E-state index is 15.0. The number of fused-ring (bicyclic) bond motifs is 2. The van der Waals surface area contributed by atoms with Crippen LogP contribution in [0.3, 0.4) is 0 Å². The van der Waals surface area contributed by atoms with Crippen LogP contribution in [0.4, 0.5) is 33.3 Å². The molecular formula is C51H40F5N7O8S. The van der Waals surface area contributed by atoms with E-state index in [1.165, 1.54) is 76.4 Å². The van der Waals surface area contributed by atoms with Gasteiger partial charge in [-0.3, -0.25) is 24.2 Å². The molecule has 5 aromatic carbocycles. The van der Waals surface area contributed by atoms with Crippen LogP contribution in [0.2, 0.25) is 0 Å². The number of carbonyl (C=O) groups excluding carboxylic acids is 2. The van der Waals surface area contributed by atoms with Crippen LogP contribution in [-0.2, 0) is 13.2 Å². The summed E-state index contributed by atoms with van der Waals surface area (Å²) in [6.45, 7) is 1.84. The summed E-state index contributed by atoms with van der Waals surface area (Å²) in [5.41, 5.74) is 2.38. The second-order valence-corrected chi connectivity index (χ2v) is 16.2. The molecule has 4 heterocycles.